The normalized spacial score (nSPS) is 10.1. The molecule has 5 heteroatoms. The molecular weight excluding hydrogens is 216 g/mol. The minimum Gasteiger partial charge on any atom is -0.396 e. The maximum atomic E-state index is 11.6. The number of likely N-dealkylation sites (N-methyl/N-ethyl adjacent to an activating group) is 1. The molecule has 0 aliphatic heterocycles. The molecule has 1 amide bonds. The summed E-state index contributed by atoms with van der Waals surface area (Å²) in [6.45, 7) is 4.90. The minimum atomic E-state index is -0.0166. The highest BCUT2D eigenvalue weighted by Gasteiger charge is 2.11. The molecular formula is C12H20N4O. The van der Waals surface area contributed by atoms with Crippen LogP contribution in [0, 0.1) is 6.92 Å². The first-order chi connectivity index (χ1) is 8.06. The Morgan fingerprint density at radius 3 is 2.94 bits per heavy atom. The third-order valence-corrected chi connectivity index (χ3v) is 2.50. The van der Waals surface area contributed by atoms with Crippen LogP contribution in [0.4, 0.5) is 11.5 Å². The highest BCUT2D eigenvalue weighted by molar-refractivity contribution is 5.82. The van der Waals surface area contributed by atoms with E-state index in [9.17, 15) is 4.79 Å². The first-order valence-electron chi connectivity index (χ1n) is 5.75. The van der Waals surface area contributed by atoms with Crippen LogP contribution in [-0.4, -0.2) is 31.0 Å². The van der Waals surface area contributed by atoms with Crippen LogP contribution in [0.1, 0.15) is 18.9 Å². The molecule has 0 radical (unpaired) electrons. The zero-order valence-corrected chi connectivity index (χ0v) is 10.7. The van der Waals surface area contributed by atoms with Crippen LogP contribution >= 0.6 is 0 Å². The van der Waals surface area contributed by atoms with Crippen molar-refractivity contribution in [3.8, 4) is 0 Å². The van der Waals surface area contributed by atoms with Crippen molar-refractivity contribution in [1.82, 2.24) is 10.3 Å². The summed E-state index contributed by atoms with van der Waals surface area (Å²) in [6.07, 6.45) is 2.63. The number of nitrogens with two attached hydrogens (primary N) is 1. The van der Waals surface area contributed by atoms with Crippen LogP contribution in [0.5, 0.6) is 0 Å². The molecule has 0 aliphatic rings. The van der Waals surface area contributed by atoms with Crippen molar-refractivity contribution in [3.63, 3.8) is 0 Å². The number of carbonyl (C=O) groups excluding carboxylic acids is 1. The van der Waals surface area contributed by atoms with Gasteiger partial charge in [0, 0.05) is 19.8 Å². The van der Waals surface area contributed by atoms with Gasteiger partial charge in [0.1, 0.15) is 0 Å². The Bertz CT molecular complexity index is 392. The summed E-state index contributed by atoms with van der Waals surface area (Å²) in [6, 6.07) is 1.85. The van der Waals surface area contributed by atoms with Crippen LogP contribution in [0.3, 0.4) is 0 Å². The number of aryl methyl sites for hydroxylation is 1. The molecule has 0 saturated carbocycles. The Morgan fingerprint density at radius 2 is 2.29 bits per heavy atom. The van der Waals surface area contributed by atoms with Crippen LogP contribution < -0.4 is 16.0 Å². The number of aromatic nitrogens is 1. The molecule has 17 heavy (non-hydrogen) atoms. The molecule has 0 saturated heterocycles. The van der Waals surface area contributed by atoms with Crippen LogP contribution in [0.15, 0.2) is 12.3 Å². The number of nitrogen functional groups attached to an aromatic ring is 1. The Hall–Kier alpha value is -1.78. The van der Waals surface area contributed by atoms with Gasteiger partial charge in [0.2, 0.25) is 5.91 Å². The monoisotopic (exact) mass is 236 g/mol. The van der Waals surface area contributed by atoms with Crippen LogP contribution in [-0.2, 0) is 4.79 Å². The van der Waals surface area contributed by atoms with Crippen molar-refractivity contribution in [2.45, 2.75) is 20.3 Å². The van der Waals surface area contributed by atoms with Crippen molar-refractivity contribution in [3.05, 3.63) is 17.8 Å². The van der Waals surface area contributed by atoms with Crippen LogP contribution in [0.2, 0.25) is 0 Å². The van der Waals surface area contributed by atoms with Crippen molar-refractivity contribution >= 4 is 17.4 Å². The van der Waals surface area contributed by atoms with Crippen molar-refractivity contribution < 1.29 is 4.79 Å². The predicted molar refractivity (Wildman–Crippen MR) is 70.0 cm³/mol. The Balaban J connectivity index is 2.66. The van der Waals surface area contributed by atoms with Gasteiger partial charge in [-0.3, -0.25) is 4.79 Å². The van der Waals surface area contributed by atoms with Gasteiger partial charge < -0.3 is 16.0 Å². The van der Waals surface area contributed by atoms with E-state index in [1.165, 1.54) is 0 Å². The Morgan fingerprint density at radius 1 is 1.59 bits per heavy atom. The molecule has 0 spiro atoms. The summed E-state index contributed by atoms with van der Waals surface area (Å²) in [7, 11) is 1.81. The van der Waals surface area contributed by atoms with Crippen molar-refractivity contribution in [1.29, 1.82) is 0 Å². The molecule has 0 aromatic carbocycles. The predicted octanol–water partition coefficient (Wildman–Crippen LogP) is 0.935. The fraction of sp³-hybridized carbons (Fsp3) is 0.500. The number of anilines is 2. The molecule has 0 bridgehead atoms. The Kier molecular flexibility index (Phi) is 4.75. The number of hydrogen-bond donors (Lipinski definition) is 2. The summed E-state index contributed by atoms with van der Waals surface area (Å²) in [4.78, 5) is 17.5. The van der Waals surface area contributed by atoms with Crippen molar-refractivity contribution in [2.75, 3.05) is 30.8 Å². The summed E-state index contributed by atoms with van der Waals surface area (Å²) in [5, 5.41) is 2.82. The van der Waals surface area contributed by atoms with Gasteiger partial charge in [-0.05, 0) is 25.0 Å². The van der Waals surface area contributed by atoms with Gasteiger partial charge in [-0.15, -0.1) is 0 Å². The molecule has 0 aliphatic carbocycles. The topological polar surface area (TPSA) is 71.2 Å². The molecule has 1 rings (SSSR count). The largest absolute Gasteiger partial charge is 0.396 e. The molecule has 1 heterocycles. The number of pyridine rings is 1. The second-order valence-electron chi connectivity index (χ2n) is 4.07. The van der Waals surface area contributed by atoms with E-state index in [0.29, 0.717) is 18.1 Å². The van der Waals surface area contributed by atoms with Gasteiger partial charge in [-0.25, -0.2) is 4.98 Å². The zero-order valence-electron chi connectivity index (χ0n) is 10.7. The fourth-order valence-corrected chi connectivity index (χ4v) is 1.47. The molecule has 1 aromatic rings. The lowest BCUT2D eigenvalue weighted by atomic mass is 10.2. The van der Waals surface area contributed by atoms with Gasteiger partial charge in [-0.2, -0.15) is 0 Å². The fourth-order valence-electron chi connectivity index (χ4n) is 1.47. The summed E-state index contributed by atoms with van der Waals surface area (Å²) >= 11 is 0. The van der Waals surface area contributed by atoms with E-state index in [1.54, 1.807) is 11.1 Å². The Labute approximate surface area is 102 Å². The number of hydrogen-bond acceptors (Lipinski definition) is 4. The molecule has 1 aromatic heterocycles. The number of amides is 1. The average molecular weight is 236 g/mol. The molecule has 0 unspecified atom stereocenters. The SMILES string of the molecule is CCCNC(=O)CN(C)c1nccc(C)c1N. The van der Waals surface area contributed by atoms with E-state index in [1.807, 2.05) is 27.0 Å². The average Bonchev–Trinajstić information content (AvgIpc) is 2.29. The lowest BCUT2D eigenvalue weighted by Crippen LogP contribution is -2.36. The highest BCUT2D eigenvalue weighted by atomic mass is 16.2. The van der Waals surface area contributed by atoms with Crippen molar-refractivity contribution in [2.24, 2.45) is 0 Å². The smallest absolute Gasteiger partial charge is 0.239 e. The molecule has 94 valence electrons. The summed E-state index contributed by atoms with van der Waals surface area (Å²) in [5.74, 6) is 0.633. The van der Waals surface area contributed by atoms with E-state index in [-0.39, 0.29) is 12.5 Å². The van der Waals surface area contributed by atoms with Gasteiger partial charge in [0.05, 0.1) is 12.2 Å². The third kappa shape index (κ3) is 3.62. The molecule has 5 nitrogen and oxygen atoms in total. The first kappa shape index (κ1) is 13.3. The number of nitrogens with one attached hydrogen (secondary N) is 1. The maximum Gasteiger partial charge on any atom is 0.239 e. The summed E-state index contributed by atoms with van der Waals surface area (Å²) in [5.41, 5.74) is 7.52. The first-order valence-corrected chi connectivity index (χ1v) is 5.75. The van der Waals surface area contributed by atoms with E-state index in [0.717, 1.165) is 12.0 Å². The third-order valence-electron chi connectivity index (χ3n) is 2.50. The molecule has 0 fully saturated rings. The second-order valence-corrected chi connectivity index (χ2v) is 4.07. The molecule has 0 atom stereocenters. The number of carbonyl (C=O) groups is 1. The minimum absolute atomic E-state index is 0.0166. The number of nitrogens with zero attached hydrogens (tertiary/aromatic N) is 2. The molecule has 3 N–H and O–H groups in total. The van der Waals surface area contributed by atoms with E-state index >= 15 is 0 Å². The van der Waals surface area contributed by atoms with Gasteiger partial charge in [0.15, 0.2) is 5.82 Å². The quantitative estimate of drug-likeness (QED) is 0.798. The number of rotatable bonds is 5. The zero-order chi connectivity index (χ0) is 12.8. The summed E-state index contributed by atoms with van der Waals surface area (Å²) < 4.78 is 0. The van der Waals surface area contributed by atoms with E-state index in [4.69, 9.17) is 5.73 Å². The van der Waals surface area contributed by atoms with Gasteiger partial charge in [0.25, 0.3) is 0 Å². The van der Waals surface area contributed by atoms with E-state index in [2.05, 4.69) is 10.3 Å². The standard InChI is InChI=1S/C12H20N4O/c1-4-6-14-10(17)8-16(3)12-11(13)9(2)5-7-15-12/h5,7H,4,6,8,13H2,1-3H3,(H,14,17). The van der Waals surface area contributed by atoms with Gasteiger partial charge in [-0.1, -0.05) is 6.92 Å². The van der Waals surface area contributed by atoms with Gasteiger partial charge >= 0.3 is 0 Å². The second kappa shape index (κ2) is 6.08. The van der Waals surface area contributed by atoms with Crippen LogP contribution in [0.25, 0.3) is 0 Å². The lowest BCUT2D eigenvalue weighted by Gasteiger charge is -2.19. The highest BCUT2D eigenvalue weighted by Crippen LogP contribution is 2.21. The van der Waals surface area contributed by atoms with E-state index < -0.39 is 0 Å². The lowest BCUT2D eigenvalue weighted by molar-refractivity contribution is -0.119. The maximum absolute atomic E-state index is 11.6.